The first-order chi connectivity index (χ1) is 11.9. The van der Waals surface area contributed by atoms with Crippen LogP contribution in [0.3, 0.4) is 0 Å². The van der Waals surface area contributed by atoms with Crippen LogP contribution in [0.15, 0.2) is 59.0 Å². The molecule has 4 rings (SSSR count). The molecule has 0 radical (unpaired) electrons. The van der Waals surface area contributed by atoms with Crippen LogP contribution in [0.4, 0.5) is 6.01 Å². The summed E-state index contributed by atoms with van der Waals surface area (Å²) < 4.78 is 5.77. The second kappa shape index (κ2) is 7.05. The first-order valence-electron chi connectivity index (χ1n) is 8.75. The summed E-state index contributed by atoms with van der Waals surface area (Å²) in [6, 6.07) is 19.7. The van der Waals surface area contributed by atoms with E-state index in [1.54, 1.807) is 0 Å². The van der Waals surface area contributed by atoms with E-state index in [9.17, 15) is 0 Å². The number of aromatic nitrogens is 1. The highest BCUT2D eigenvalue weighted by molar-refractivity contribution is 5.74. The normalized spacial score (nSPS) is 16.5. The summed E-state index contributed by atoms with van der Waals surface area (Å²) >= 11 is 0. The molecular weight excluding hydrogens is 298 g/mol. The van der Waals surface area contributed by atoms with Gasteiger partial charge in [0.1, 0.15) is 5.52 Å². The SMILES string of the molecule is c1ccc(CCN2CCC(Nc3nc4ccccc4o3)CC2)cc1. The number of fused-ring (bicyclic) bond motifs is 1. The molecule has 0 unspecified atom stereocenters. The van der Waals surface area contributed by atoms with Crippen LogP contribution < -0.4 is 5.32 Å². The molecular formula is C20H23N3O. The van der Waals surface area contributed by atoms with Gasteiger partial charge in [-0.15, -0.1) is 0 Å². The lowest BCUT2D eigenvalue weighted by Crippen LogP contribution is -2.40. The summed E-state index contributed by atoms with van der Waals surface area (Å²) in [5.41, 5.74) is 3.19. The van der Waals surface area contributed by atoms with Crippen LogP contribution in [0.1, 0.15) is 18.4 Å². The maximum atomic E-state index is 5.77. The molecule has 1 fully saturated rings. The zero-order chi connectivity index (χ0) is 16.2. The van der Waals surface area contributed by atoms with Crippen LogP contribution in [0.5, 0.6) is 0 Å². The van der Waals surface area contributed by atoms with E-state index < -0.39 is 0 Å². The van der Waals surface area contributed by atoms with Gasteiger partial charge in [-0.25, -0.2) is 0 Å². The Balaban J connectivity index is 1.27. The molecule has 0 aliphatic carbocycles. The lowest BCUT2D eigenvalue weighted by molar-refractivity contribution is 0.220. The molecule has 0 spiro atoms. The highest BCUT2D eigenvalue weighted by Crippen LogP contribution is 2.21. The summed E-state index contributed by atoms with van der Waals surface area (Å²) in [5, 5.41) is 3.46. The molecule has 2 aromatic carbocycles. The minimum absolute atomic E-state index is 0.450. The van der Waals surface area contributed by atoms with Crippen LogP contribution in [0.25, 0.3) is 11.1 Å². The number of para-hydroxylation sites is 2. The number of hydrogen-bond donors (Lipinski definition) is 1. The topological polar surface area (TPSA) is 41.3 Å². The van der Waals surface area contributed by atoms with Crippen LogP contribution >= 0.6 is 0 Å². The largest absolute Gasteiger partial charge is 0.424 e. The molecule has 1 aliphatic heterocycles. The molecule has 0 atom stereocenters. The maximum Gasteiger partial charge on any atom is 0.295 e. The molecule has 1 N–H and O–H groups in total. The number of oxazole rings is 1. The molecule has 3 aromatic rings. The van der Waals surface area contributed by atoms with Crippen molar-refractivity contribution in [3.63, 3.8) is 0 Å². The zero-order valence-electron chi connectivity index (χ0n) is 13.8. The maximum absolute atomic E-state index is 5.77. The van der Waals surface area contributed by atoms with Crippen molar-refractivity contribution in [2.75, 3.05) is 25.0 Å². The fourth-order valence-electron chi connectivity index (χ4n) is 3.34. The van der Waals surface area contributed by atoms with E-state index >= 15 is 0 Å². The van der Waals surface area contributed by atoms with Crippen LogP contribution in [-0.4, -0.2) is 35.6 Å². The minimum Gasteiger partial charge on any atom is -0.424 e. The quantitative estimate of drug-likeness (QED) is 0.772. The van der Waals surface area contributed by atoms with Gasteiger partial charge in [-0.2, -0.15) is 4.98 Å². The second-order valence-electron chi connectivity index (χ2n) is 6.48. The van der Waals surface area contributed by atoms with E-state index in [1.165, 1.54) is 5.56 Å². The number of anilines is 1. The highest BCUT2D eigenvalue weighted by Gasteiger charge is 2.20. The van der Waals surface area contributed by atoms with E-state index in [0.717, 1.165) is 50.0 Å². The number of nitrogens with zero attached hydrogens (tertiary/aromatic N) is 2. The molecule has 0 bridgehead atoms. The number of rotatable bonds is 5. The molecule has 124 valence electrons. The smallest absolute Gasteiger partial charge is 0.295 e. The molecule has 4 heteroatoms. The van der Waals surface area contributed by atoms with Crippen LogP contribution in [-0.2, 0) is 6.42 Å². The van der Waals surface area contributed by atoms with Gasteiger partial charge in [-0.1, -0.05) is 42.5 Å². The Kier molecular flexibility index (Phi) is 4.47. The molecule has 1 aromatic heterocycles. The Hall–Kier alpha value is -2.33. The van der Waals surface area contributed by atoms with Crippen molar-refractivity contribution in [2.24, 2.45) is 0 Å². The lowest BCUT2D eigenvalue weighted by Gasteiger charge is -2.32. The summed E-state index contributed by atoms with van der Waals surface area (Å²) in [6.45, 7) is 3.40. The standard InChI is InChI=1S/C20H23N3O/c1-2-6-16(7-3-1)10-13-23-14-11-17(12-15-23)21-20-22-18-8-4-5-9-19(18)24-20/h1-9,17H,10-15H2,(H,21,22). The van der Waals surface area contributed by atoms with Gasteiger partial charge in [0.05, 0.1) is 0 Å². The molecule has 2 heterocycles. The first kappa shape index (κ1) is 15.2. The Labute approximate surface area is 142 Å². The van der Waals surface area contributed by atoms with Gasteiger partial charge >= 0.3 is 0 Å². The van der Waals surface area contributed by atoms with Gasteiger partial charge in [0.25, 0.3) is 6.01 Å². The monoisotopic (exact) mass is 321 g/mol. The van der Waals surface area contributed by atoms with Gasteiger partial charge in [-0.05, 0) is 37.0 Å². The molecule has 0 saturated carbocycles. The average molecular weight is 321 g/mol. The fourth-order valence-corrected chi connectivity index (χ4v) is 3.34. The van der Waals surface area contributed by atoms with E-state index in [-0.39, 0.29) is 0 Å². The number of piperidine rings is 1. The van der Waals surface area contributed by atoms with Crippen molar-refractivity contribution in [1.82, 2.24) is 9.88 Å². The van der Waals surface area contributed by atoms with Crippen molar-refractivity contribution in [3.8, 4) is 0 Å². The molecule has 0 amide bonds. The number of likely N-dealkylation sites (tertiary alicyclic amines) is 1. The predicted molar refractivity (Wildman–Crippen MR) is 97.2 cm³/mol. The van der Waals surface area contributed by atoms with E-state index in [4.69, 9.17) is 4.42 Å². The second-order valence-corrected chi connectivity index (χ2v) is 6.48. The van der Waals surface area contributed by atoms with Gasteiger partial charge in [0.15, 0.2) is 5.58 Å². The highest BCUT2D eigenvalue weighted by atomic mass is 16.4. The minimum atomic E-state index is 0.450. The fraction of sp³-hybridized carbons (Fsp3) is 0.350. The van der Waals surface area contributed by atoms with Gasteiger partial charge in [0, 0.05) is 25.7 Å². The molecule has 4 nitrogen and oxygen atoms in total. The Morgan fingerprint density at radius 1 is 1.00 bits per heavy atom. The van der Waals surface area contributed by atoms with Crippen molar-refractivity contribution in [3.05, 3.63) is 60.2 Å². The summed E-state index contributed by atoms with van der Waals surface area (Å²) in [7, 11) is 0. The third-order valence-electron chi connectivity index (χ3n) is 4.77. The summed E-state index contributed by atoms with van der Waals surface area (Å²) in [6.07, 6.45) is 3.39. The molecule has 24 heavy (non-hydrogen) atoms. The van der Waals surface area contributed by atoms with Gasteiger partial charge in [-0.3, -0.25) is 0 Å². The number of nitrogens with one attached hydrogen (secondary N) is 1. The van der Waals surface area contributed by atoms with Crippen molar-refractivity contribution >= 4 is 17.1 Å². The van der Waals surface area contributed by atoms with E-state index in [2.05, 4.69) is 45.5 Å². The van der Waals surface area contributed by atoms with Crippen LogP contribution in [0.2, 0.25) is 0 Å². The lowest BCUT2D eigenvalue weighted by atomic mass is 10.0. The number of benzene rings is 2. The van der Waals surface area contributed by atoms with Gasteiger partial charge < -0.3 is 14.6 Å². The number of hydrogen-bond acceptors (Lipinski definition) is 4. The molecule has 1 aliphatic rings. The van der Waals surface area contributed by atoms with E-state index in [0.29, 0.717) is 12.1 Å². The summed E-state index contributed by atoms with van der Waals surface area (Å²) in [5.74, 6) is 0. The Bertz CT molecular complexity index is 743. The predicted octanol–water partition coefficient (Wildman–Crippen LogP) is 3.95. The summed E-state index contributed by atoms with van der Waals surface area (Å²) in [4.78, 5) is 7.06. The molecule has 1 saturated heterocycles. The van der Waals surface area contributed by atoms with Gasteiger partial charge in [0.2, 0.25) is 0 Å². The van der Waals surface area contributed by atoms with Crippen LogP contribution in [0, 0.1) is 0 Å². The first-order valence-corrected chi connectivity index (χ1v) is 8.75. The average Bonchev–Trinajstić information content (AvgIpc) is 3.04. The zero-order valence-corrected chi connectivity index (χ0v) is 13.8. The third-order valence-corrected chi connectivity index (χ3v) is 4.77. The Morgan fingerprint density at radius 3 is 2.54 bits per heavy atom. The Morgan fingerprint density at radius 2 is 1.75 bits per heavy atom. The van der Waals surface area contributed by atoms with E-state index in [1.807, 2.05) is 24.3 Å². The third kappa shape index (κ3) is 3.60. The van der Waals surface area contributed by atoms with Crippen molar-refractivity contribution < 1.29 is 4.42 Å². The van der Waals surface area contributed by atoms with Crippen molar-refractivity contribution in [1.29, 1.82) is 0 Å². The van der Waals surface area contributed by atoms with Crippen molar-refractivity contribution in [2.45, 2.75) is 25.3 Å².